The van der Waals surface area contributed by atoms with Gasteiger partial charge in [-0.3, -0.25) is 9.59 Å². The first kappa shape index (κ1) is 17.4. The highest BCUT2D eigenvalue weighted by molar-refractivity contribution is 5.94. The standard InChI is InChI=1S/C17H23FN2O3/c1-2-5-13-12-23-11-10-20(13)16(21)8-9-19-17(22)14-6-3-4-7-15(14)18/h3-4,6-7,13H,2,5,8-12H2,1H3,(H,19,22). The molecule has 0 spiro atoms. The molecule has 0 aromatic heterocycles. The van der Waals surface area contributed by atoms with E-state index in [2.05, 4.69) is 12.2 Å². The Morgan fingerprint density at radius 1 is 1.39 bits per heavy atom. The van der Waals surface area contributed by atoms with Gasteiger partial charge in [-0.2, -0.15) is 0 Å². The minimum atomic E-state index is -0.562. The zero-order valence-electron chi connectivity index (χ0n) is 13.4. The summed E-state index contributed by atoms with van der Waals surface area (Å²) >= 11 is 0. The molecule has 1 aromatic carbocycles. The van der Waals surface area contributed by atoms with Crippen molar-refractivity contribution in [3.8, 4) is 0 Å². The van der Waals surface area contributed by atoms with Crippen molar-refractivity contribution in [3.05, 3.63) is 35.6 Å². The quantitative estimate of drug-likeness (QED) is 0.871. The average molecular weight is 322 g/mol. The van der Waals surface area contributed by atoms with E-state index in [-0.39, 0.29) is 30.5 Å². The van der Waals surface area contributed by atoms with Crippen LogP contribution in [0.3, 0.4) is 0 Å². The van der Waals surface area contributed by atoms with Gasteiger partial charge in [0.15, 0.2) is 0 Å². The lowest BCUT2D eigenvalue weighted by Crippen LogP contribution is -2.49. The lowest BCUT2D eigenvalue weighted by molar-refractivity contribution is -0.140. The molecule has 0 saturated carbocycles. The maximum absolute atomic E-state index is 13.5. The Morgan fingerprint density at radius 2 is 2.17 bits per heavy atom. The maximum atomic E-state index is 13.5. The second-order valence-corrected chi connectivity index (χ2v) is 5.59. The molecule has 1 aromatic rings. The number of hydrogen-bond donors (Lipinski definition) is 1. The lowest BCUT2D eigenvalue weighted by Gasteiger charge is -2.35. The van der Waals surface area contributed by atoms with E-state index in [1.807, 2.05) is 4.90 Å². The van der Waals surface area contributed by atoms with Gasteiger partial charge in [0.25, 0.3) is 5.91 Å². The van der Waals surface area contributed by atoms with Gasteiger partial charge in [0.2, 0.25) is 5.91 Å². The summed E-state index contributed by atoms with van der Waals surface area (Å²) in [6.07, 6.45) is 2.11. The number of rotatable bonds is 6. The van der Waals surface area contributed by atoms with E-state index in [4.69, 9.17) is 4.74 Å². The van der Waals surface area contributed by atoms with Crippen molar-refractivity contribution in [2.75, 3.05) is 26.3 Å². The van der Waals surface area contributed by atoms with Crippen LogP contribution in [0.25, 0.3) is 0 Å². The average Bonchev–Trinajstić information content (AvgIpc) is 2.56. The van der Waals surface area contributed by atoms with Crippen molar-refractivity contribution < 1.29 is 18.7 Å². The van der Waals surface area contributed by atoms with Gasteiger partial charge in [-0.1, -0.05) is 25.5 Å². The van der Waals surface area contributed by atoms with Crippen LogP contribution < -0.4 is 5.32 Å². The molecule has 2 rings (SSSR count). The number of halogens is 1. The third-order valence-electron chi connectivity index (χ3n) is 3.91. The van der Waals surface area contributed by atoms with E-state index < -0.39 is 11.7 Å². The van der Waals surface area contributed by atoms with Gasteiger partial charge in [-0.25, -0.2) is 4.39 Å². The van der Waals surface area contributed by atoms with Crippen LogP contribution in [-0.2, 0) is 9.53 Å². The summed E-state index contributed by atoms with van der Waals surface area (Å²) in [6.45, 7) is 3.98. The van der Waals surface area contributed by atoms with E-state index in [1.54, 1.807) is 6.07 Å². The van der Waals surface area contributed by atoms with Gasteiger partial charge in [0.1, 0.15) is 5.82 Å². The van der Waals surface area contributed by atoms with Gasteiger partial charge in [0.05, 0.1) is 24.8 Å². The van der Waals surface area contributed by atoms with Crippen molar-refractivity contribution in [2.45, 2.75) is 32.2 Å². The molecule has 126 valence electrons. The molecule has 1 N–H and O–H groups in total. The number of carbonyl (C=O) groups is 2. The molecule has 1 saturated heterocycles. The Bertz CT molecular complexity index is 548. The molecular weight excluding hydrogens is 299 g/mol. The van der Waals surface area contributed by atoms with Gasteiger partial charge in [0, 0.05) is 19.5 Å². The lowest BCUT2D eigenvalue weighted by atomic mass is 10.1. The van der Waals surface area contributed by atoms with Crippen molar-refractivity contribution >= 4 is 11.8 Å². The molecular formula is C17H23FN2O3. The van der Waals surface area contributed by atoms with E-state index >= 15 is 0 Å². The molecule has 1 aliphatic rings. The van der Waals surface area contributed by atoms with Crippen LogP contribution in [0.1, 0.15) is 36.5 Å². The molecule has 1 heterocycles. The van der Waals surface area contributed by atoms with Gasteiger partial charge in [-0.05, 0) is 18.6 Å². The molecule has 2 amide bonds. The van der Waals surface area contributed by atoms with E-state index in [9.17, 15) is 14.0 Å². The Hall–Kier alpha value is -1.95. The molecule has 5 nitrogen and oxygen atoms in total. The molecule has 0 bridgehead atoms. The third kappa shape index (κ3) is 4.76. The summed E-state index contributed by atoms with van der Waals surface area (Å²) < 4.78 is 18.9. The van der Waals surface area contributed by atoms with Crippen LogP contribution in [-0.4, -0.2) is 49.1 Å². The largest absolute Gasteiger partial charge is 0.377 e. The van der Waals surface area contributed by atoms with Crippen LogP contribution in [0.2, 0.25) is 0 Å². The van der Waals surface area contributed by atoms with Gasteiger partial charge < -0.3 is 15.0 Å². The predicted octanol–water partition coefficient (Wildman–Crippen LogP) is 1.97. The van der Waals surface area contributed by atoms with Crippen LogP contribution >= 0.6 is 0 Å². The van der Waals surface area contributed by atoms with E-state index in [0.717, 1.165) is 12.8 Å². The smallest absolute Gasteiger partial charge is 0.254 e. The fourth-order valence-electron chi connectivity index (χ4n) is 2.72. The van der Waals surface area contributed by atoms with Gasteiger partial charge in [-0.15, -0.1) is 0 Å². The monoisotopic (exact) mass is 322 g/mol. The summed E-state index contributed by atoms with van der Waals surface area (Å²) in [5.74, 6) is -1.06. The number of ether oxygens (including phenoxy) is 1. The summed E-state index contributed by atoms with van der Waals surface area (Å²) in [7, 11) is 0. The molecule has 1 atom stereocenters. The number of morpholine rings is 1. The Labute approximate surface area is 135 Å². The molecule has 1 unspecified atom stereocenters. The van der Waals surface area contributed by atoms with Crippen LogP contribution in [0.4, 0.5) is 4.39 Å². The van der Waals surface area contributed by atoms with Crippen molar-refractivity contribution in [1.29, 1.82) is 0 Å². The Morgan fingerprint density at radius 3 is 2.91 bits per heavy atom. The fraction of sp³-hybridized carbons (Fsp3) is 0.529. The van der Waals surface area contributed by atoms with Crippen molar-refractivity contribution in [1.82, 2.24) is 10.2 Å². The first-order valence-corrected chi connectivity index (χ1v) is 8.03. The second kappa shape index (κ2) is 8.62. The molecule has 0 aliphatic carbocycles. The molecule has 23 heavy (non-hydrogen) atoms. The minimum Gasteiger partial charge on any atom is -0.377 e. The first-order valence-electron chi connectivity index (χ1n) is 8.03. The van der Waals surface area contributed by atoms with Gasteiger partial charge >= 0.3 is 0 Å². The first-order chi connectivity index (χ1) is 11.1. The molecule has 0 radical (unpaired) electrons. The Kier molecular flexibility index (Phi) is 6.52. The predicted molar refractivity (Wildman–Crippen MR) is 84.6 cm³/mol. The number of nitrogens with one attached hydrogen (secondary N) is 1. The molecule has 1 aliphatic heterocycles. The summed E-state index contributed by atoms with van der Waals surface area (Å²) in [4.78, 5) is 26.0. The maximum Gasteiger partial charge on any atom is 0.254 e. The highest BCUT2D eigenvalue weighted by atomic mass is 19.1. The number of hydrogen-bond acceptors (Lipinski definition) is 3. The zero-order valence-corrected chi connectivity index (χ0v) is 13.4. The summed E-state index contributed by atoms with van der Waals surface area (Å²) in [6, 6.07) is 5.91. The number of amides is 2. The zero-order chi connectivity index (χ0) is 16.7. The minimum absolute atomic E-state index is 0.000540. The SMILES string of the molecule is CCCC1COCCN1C(=O)CCNC(=O)c1ccccc1F. The number of benzene rings is 1. The fourth-order valence-corrected chi connectivity index (χ4v) is 2.72. The van der Waals surface area contributed by atoms with Crippen molar-refractivity contribution in [2.24, 2.45) is 0 Å². The summed E-state index contributed by atoms with van der Waals surface area (Å²) in [5, 5.41) is 2.60. The van der Waals surface area contributed by atoms with Crippen LogP contribution in [0.5, 0.6) is 0 Å². The highest BCUT2D eigenvalue weighted by Crippen LogP contribution is 2.13. The third-order valence-corrected chi connectivity index (χ3v) is 3.91. The summed E-state index contributed by atoms with van der Waals surface area (Å²) in [5.41, 5.74) is -0.00446. The normalized spacial score (nSPS) is 17.8. The number of nitrogens with zero attached hydrogens (tertiary/aromatic N) is 1. The van der Waals surface area contributed by atoms with Crippen molar-refractivity contribution in [3.63, 3.8) is 0 Å². The van der Waals surface area contributed by atoms with Crippen LogP contribution in [0.15, 0.2) is 24.3 Å². The Balaban J connectivity index is 1.82. The van der Waals surface area contributed by atoms with Crippen LogP contribution in [0, 0.1) is 5.82 Å². The highest BCUT2D eigenvalue weighted by Gasteiger charge is 2.26. The second-order valence-electron chi connectivity index (χ2n) is 5.59. The molecule has 6 heteroatoms. The topological polar surface area (TPSA) is 58.6 Å². The molecule has 1 fully saturated rings. The van der Waals surface area contributed by atoms with E-state index in [0.29, 0.717) is 19.8 Å². The number of carbonyl (C=O) groups excluding carboxylic acids is 2. The van der Waals surface area contributed by atoms with E-state index in [1.165, 1.54) is 18.2 Å².